The van der Waals surface area contributed by atoms with Crippen molar-refractivity contribution in [2.45, 2.75) is 25.3 Å². The van der Waals surface area contributed by atoms with Crippen LogP contribution in [0.4, 0.5) is 0 Å². The summed E-state index contributed by atoms with van der Waals surface area (Å²) in [6.07, 6.45) is 1.87. The number of benzene rings is 1. The topological polar surface area (TPSA) is 53.5 Å². The van der Waals surface area contributed by atoms with Crippen LogP contribution in [0.2, 0.25) is 0 Å². The molecule has 2 amide bonds. The number of thiazole rings is 1. The summed E-state index contributed by atoms with van der Waals surface area (Å²) in [6.45, 7) is 0.652. The Bertz CT molecular complexity index is 727. The molecule has 0 aliphatic carbocycles. The van der Waals surface area contributed by atoms with Gasteiger partial charge in [-0.15, -0.1) is 11.3 Å². The summed E-state index contributed by atoms with van der Waals surface area (Å²) < 4.78 is 0. The van der Waals surface area contributed by atoms with Crippen molar-refractivity contribution in [3.05, 3.63) is 41.4 Å². The normalized spacial score (nSPS) is 17.1. The summed E-state index contributed by atoms with van der Waals surface area (Å²) in [6, 6.07) is 9.62. The lowest BCUT2D eigenvalue weighted by Gasteiger charge is -2.26. The Morgan fingerprint density at radius 1 is 1.29 bits per heavy atom. The van der Waals surface area contributed by atoms with Gasteiger partial charge in [-0.2, -0.15) is 0 Å². The van der Waals surface area contributed by atoms with Crippen LogP contribution in [0.1, 0.15) is 18.5 Å². The lowest BCUT2D eigenvalue weighted by molar-refractivity contribution is -0.141. The van der Waals surface area contributed by atoms with Gasteiger partial charge in [-0.25, -0.2) is 4.98 Å². The molecule has 1 aromatic carbocycles. The van der Waals surface area contributed by atoms with Crippen LogP contribution in [0.5, 0.6) is 0 Å². The number of hydrogen-bond acceptors (Lipinski definition) is 4. The molecule has 0 radical (unpaired) electrons. The van der Waals surface area contributed by atoms with Crippen molar-refractivity contribution in [2.24, 2.45) is 0 Å². The smallest absolute Gasteiger partial charge is 0.244 e. The Morgan fingerprint density at radius 2 is 2.04 bits per heavy atom. The molecule has 0 N–H and O–H groups in total. The lowest BCUT2D eigenvalue weighted by atomic mass is 10.2. The first-order chi connectivity index (χ1) is 11.6. The molecule has 2 heterocycles. The standard InChI is InChI=1S/C18H21N3O2S/c1-20(2)18(23)15-9-6-10-21(15)16(22)11-14-12-24-17(19-14)13-7-4-3-5-8-13/h3-5,7-8,12,15H,6,9-11H2,1-2H3. The first-order valence-electron chi connectivity index (χ1n) is 8.06. The van der Waals surface area contributed by atoms with E-state index in [1.807, 2.05) is 35.7 Å². The highest BCUT2D eigenvalue weighted by Gasteiger charge is 2.34. The zero-order valence-electron chi connectivity index (χ0n) is 13.9. The molecule has 0 bridgehead atoms. The Morgan fingerprint density at radius 3 is 2.75 bits per heavy atom. The van der Waals surface area contributed by atoms with Gasteiger partial charge in [-0.05, 0) is 12.8 Å². The summed E-state index contributed by atoms with van der Waals surface area (Å²) >= 11 is 1.54. The van der Waals surface area contributed by atoms with E-state index in [0.717, 1.165) is 29.1 Å². The Balaban J connectivity index is 1.69. The van der Waals surface area contributed by atoms with Gasteiger partial charge in [0, 0.05) is 31.6 Å². The molecule has 24 heavy (non-hydrogen) atoms. The van der Waals surface area contributed by atoms with Gasteiger partial charge in [0.05, 0.1) is 12.1 Å². The highest BCUT2D eigenvalue weighted by atomic mass is 32.1. The average molecular weight is 343 g/mol. The van der Waals surface area contributed by atoms with Crippen LogP contribution >= 0.6 is 11.3 Å². The predicted octanol–water partition coefficient (Wildman–Crippen LogP) is 2.43. The maximum absolute atomic E-state index is 12.6. The lowest BCUT2D eigenvalue weighted by Crippen LogP contribution is -2.46. The molecule has 1 unspecified atom stereocenters. The van der Waals surface area contributed by atoms with Gasteiger partial charge in [0.15, 0.2) is 0 Å². The summed E-state index contributed by atoms with van der Waals surface area (Å²) in [5.74, 6) is -0.0123. The van der Waals surface area contributed by atoms with E-state index in [4.69, 9.17) is 0 Å². The SMILES string of the molecule is CN(C)C(=O)C1CCCN1C(=O)Cc1csc(-c2ccccc2)n1. The van der Waals surface area contributed by atoms with Gasteiger partial charge < -0.3 is 9.80 Å². The van der Waals surface area contributed by atoms with Crippen LogP contribution in [-0.2, 0) is 16.0 Å². The molecule has 2 aromatic rings. The quantitative estimate of drug-likeness (QED) is 0.857. The predicted molar refractivity (Wildman–Crippen MR) is 94.7 cm³/mol. The van der Waals surface area contributed by atoms with E-state index in [0.29, 0.717) is 6.54 Å². The molecule has 1 aliphatic rings. The molecular formula is C18H21N3O2S. The van der Waals surface area contributed by atoms with Gasteiger partial charge in [0.1, 0.15) is 11.0 Å². The van der Waals surface area contributed by atoms with Crippen LogP contribution in [-0.4, -0.2) is 53.3 Å². The number of carbonyl (C=O) groups excluding carboxylic acids is 2. The number of hydrogen-bond donors (Lipinski definition) is 0. The molecule has 1 aromatic heterocycles. The number of likely N-dealkylation sites (N-methyl/N-ethyl adjacent to an activating group) is 1. The monoisotopic (exact) mass is 343 g/mol. The van der Waals surface area contributed by atoms with Crippen molar-refractivity contribution in [2.75, 3.05) is 20.6 Å². The number of rotatable bonds is 4. The third kappa shape index (κ3) is 3.48. The van der Waals surface area contributed by atoms with E-state index in [1.165, 1.54) is 0 Å². The number of aromatic nitrogens is 1. The summed E-state index contributed by atoms with van der Waals surface area (Å²) in [5, 5.41) is 2.85. The Hall–Kier alpha value is -2.21. The van der Waals surface area contributed by atoms with Crippen LogP contribution < -0.4 is 0 Å². The van der Waals surface area contributed by atoms with E-state index in [9.17, 15) is 9.59 Å². The van der Waals surface area contributed by atoms with Crippen molar-refractivity contribution in [3.63, 3.8) is 0 Å². The molecule has 5 nitrogen and oxygen atoms in total. The van der Waals surface area contributed by atoms with Crippen LogP contribution in [0.25, 0.3) is 10.6 Å². The fourth-order valence-corrected chi connectivity index (χ4v) is 3.80. The zero-order chi connectivity index (χ0) is 17.1. The average Bonchev–Trinajstić information content (AvgIpc) is 3.24. The van der Waals surface area contributed by atoms with E-state index in [1.54, 1.807) is 35.2 Å². The fraction of sp³-hybridized carbons (Fsp3) is 0.389. The first-order valence-corrected chi connectivity index (χ1v) is 8.94. The minimum absolute atomic E-state index is 0.00380. The maximum Gasteiger partial charge on any atom is 0.244 e. The first kappa shape index (κ1) is 16.6. The molecule has 1 atom stereocenters. The zero-order valence-corrected chi connectivity index (χ0v) is 14.8. The largest absolute Gasteiger partial charge is 0.347 e. The fourth-order valence-electron chi connectivity index (χ4n) is 2.98. The van der Waals surface area contributed by atoms with Gasteiger partial charge in [0.25, 0.3) is 0 Å². The van der Waals surface area contributed by atoms with Crippen molar-refractivity contribution >= 4 is 23.2 Å². The second-order valence-electron chi connectivity index (χ2n) is 6.16. The third-order valence-electron chi connectivity index (χ3n) is 4.20. The molecule has 0 saturated carbocycles. The molecule has 0 spiro atoms. The van der Waals surface area contributed by atoms with Crippen LogP contribution in [0, 0.1) is 0 Å². The Kier molecular flexibility index (Phi) is 4.94. The molecule has 126 valence electrons. The molecule has 1 fully saturated rings. The number of amides is 2. The number of carbonyl (C=O) groups is 2. The highest BCUT2D eigenvalue weighted by Crippen LogP contribution is 2.25. The van der Waals surface area contributed by atoms with E-state index in [-0.39, 0.29) is 24.3 Å². The maximum atomic E-state index is 12.6. The van der Waals surface area contributed by atoms with Gasteiger partial charge in [-0.1, -0.05) is 30.3 Å². The molecule has 6 heteroatoms. The summed E-state index contributed by atoms with van der Waals surface area (Å²) in [5.41, 5.74) is 1.83. The summed E-state index contributed by atoms with van der Waals surface area (Å²) in [7, 11) is 3.46. The molecular weight excluding hydrogens is 322 g/mol. The molecule has 3 rings (SSSR count). The van der Waals surface area contributed by atoms with E-state index < -0.39 is 0 Å². The van der Waals surface area contributed by atoms with Gasteiger partial charge >= 0.3 is 0 Å². The molecule has 1 saturated heterocycles. The van der Waals surface area contributed by atoms with Crippen molar-refractivity contribution in [3.8, 4) is 10.6 Å². The van der Waals surface area contributed by atoms with Crippen molar-refractivity contribution in [1.82, 2.24) is 14.8 Å². The van der Waals surface area contributed by atoms with E-state index >= 15 is 0 Å². The minimum Gasteiger partial charge on any atom is -0.347 e. The second-order valence-corrected chi connectivity index (χ2v) is 7.02. The minimum atomic E-state index is -0.320. The third-order valence-corrected chi connectivity index (χ3v) is 5.14. The highest BCUT2D eigenvalue weighted by molar-refractivity contribution is 7.13. The van der Waals surface area contributed by atoms with Crippen LogP contribution in [0.3, 0.4) is 0 Å². The molecule has 1 aliphatic heterocycles. The van der Waals surface area contributed by atoms with Gasteiger partial charge in [0.2, 0.25) is 11.8 Å². The number of likely N-dealkylation sites (tertiary alicyclic amines) is 1. The van der Waals surface area contributed by atoms with Crippen molar-refractivity contribution < 1.29 is 9.59 Å². The van der Waals surface area contributed by atoms with Gasteiger partial charge in [-0.3, -0.25) is 9.59 Å². The number of nitrogens with zero attached hydrogens (tertiary/aromatic N) is 3. The van der Waals surface area contributed by atoms with Crippen LogP contribution in [0.15, 0.2) is 35.7 Å². The Labute approximate surface area is 145 Å². The van der Waals surface area contributed by atoms with E-state index in [2.05, 4.69) is 4.98 Å². The van der Waals surface area contributed by atoms with Crippen molar-refractivity contribution in [1.29, 1.82) is 0 Å². The second kappa shape index (κ2) is 7.13. The summed E-state index contributed by atoms with van der Waals surface area (Å²) in [4.78, 5) is 32.7.